The summed E-state index contributed by atoms with van der Waals surface area (Å²) in [6, 6.07) is 24.7. The number of nitrogens with one attached hydrogen (secondary N) is 3. The summed E-state index contributed by atoms with van der Waals surface area (Å²) >= 11 is 0. The second kappa shape index (κ2) is 27.0. The molecule has 0 spiro atoms. The van der Waals surface area contributed by atoms with Crippen LogP contribution in [0.15, 0.2) is 200 Å². The fourth-order valence-electron chi connectivity index (χ4n) is 7.98. The Morgan fingerprint density at radius 2 is 0.721 bits per heavy atom. The Morgan fingerprint density at radius 1 is 0.442 bits per heavy atom. The van der Waals surface area contributed by atoms with Gasteiger partial charge in [0.2, 0.25) is 36.4 Å². The van der Waals surface area contributed by atoms with Crippen molar-refractivity contribution >= 4 is 75.1 Å². The van der Waals surface area contributed by atoms with Crippen molar-refractivity contribution in [3.63, 3.8) is 0 Å². The summed E-state index contributed by atoms with van der Waals surface area (Å²) in [5.41, 5.74) is 15.3. The van der Waals surface area contributed by atoms with E-state index in [-0.39, 0.29) is 17.5 Å². The number of halogens is 3. The van der Waals surface area contributed by atoms with Gasteiger partial charge in [0.15, 0.2) is 17.5 Å². The first-order chi connectivity index (χ1) is 41.3. The lowest BCUT2D eigenvalue weighted by molar-refractivity contribution is -0.670. The molecule has 9 aromatic heterocycles. The predicted octanol–water partition coefficient (Wildman–Crippen LogP) is 5.02. The minimum absolute atomic E-state index is 0.339. The Bertz CT molecular complexity index is 4030. The lowest BCUT2D eigenvalue weighted by Gasteiger charge is -2.36. The van der Waals surface area contributed by atoms with Crippen LogP contribution in [0.25, 0.3) is 50.2 Å². The molecular formula is C57H51F3N21O4P. The van der Waals surface area contributed by atoms with Crippen LogP contribution in [0.2, 0.25) is 0 Å². The second-order valence-electron chi connectivity index (χ2n) is 18.7. The number of rotatable bonds is 12. The average molecular weight is 1180 g/mol. The number of aryl methyl sites for hydroxylation is 3. The molecule has 0 aliphatic carbocycles. The standard InChI is InChI=1S/3C19H17FN7.H3O4P/c3*1-13(14-3-6-18(21-10-14)27-8-7-26(2)12-27)24-25-19-16-5-4-15(20)9-17(16)22-11-23-19;1-5(2,3)4/h3*3-12H,1-2H3,(H,22,23,25);(H3,1,2,3,4)/q3*+1;/p-3/b3*24-13+;. The fraction of sp³-hybridized carbons (Fsp3) is 0.105. The zero-order valence-electron chi connectivity index (χ0n) is 46.6. The maximum atomic E-state index is 13.3. The molecule has 0 fully saturated rings. The van der Waals surface area contributed by atoms with E-state index in [0.717, 1.165) is 51.3 Å². The van der Waals surface area contributed by atoms with Gasteiger partial charge >= 0.3 is 0 Å². The quantitative estimate of drug-likeness (QED) is 0.0626. The van der Waals surface area contributed by atoms with E-state index in [9.17, 15) is 13.2 Å². The monoisotopic (exact) mass is 1180 g/mol. The molecule has 434 valence electrons. The van der Waals surface area contributed by atoms with Gasteiger partial charge in [0.1, 0.15) is 73.6 Å². The van der Waals surface area contributed by atoms with E-state index in [1.807, 2.05) is 162 Å². The smallest absolute Gasteiger partial charge is 0.250 e. The second-order valence-corrected chi connectivity index (χ2v) is 19.6. The van der Waals surface area contributed by atoms with Gasteiger partial charge in [0.05, 0.1) is 54.8 Å². The molecule has 0 unspecified atom stereocenters. The van der Waals surface area contributed by atoms with Crippen molar-refractivity contribution in [2.45, 2.75) is 20.8 Å². The van der Waals surface area contributed by atoms with E-state index >= 15 is 0 Å². The normalized spacial score (nSPS) is 11.7. The Labute approximate surface area is 487 Å². The number of pyridine rings is 3. The number of hydrazone groups is 3. The van der Waals surface area contributed by atoms with Gasteiger partial charge in [-0.15, -0.1) is 0 Å². The zero-order chi connectivity index (χ0) is 60.9. The number of fused-ring (bicyclic) bond motifs is 3. The van der Waals surface area contributed by atoms with Crippen LogP contribution in [-0.4, -0.2) is 75.7 Å². The first-order valence-corrected chi connectivity index (χ1v) is 27.1. The number of phosphoric acid groups is 1. The van der Waals surface area contributed by atoms with Gasteiger partial charge in [-0.05, 0) is 75.4 Å². The Kier molecular flexibility index (Phi) is 18.7. The molecule has 3 N–H and O–H groups in total. The Balaban J connectivity index is 0.000000148. The molecule has 0 radical (unpaired) electrons. The number of nitrogens with zero attached hydrogens (tertiary/aromatic N) is 18. The highest BCUT2D eigenvalue weighted by atomic mass is 31.2. The van der Waals surface area contributed by atoms with Gasteiger partial charge in [-0.3, -0.25) is 16.3 Å². The van der Waals surface area contributed by atoms with Crippen LogP contribution < -0.4 is 44.7 Å². The van der Waals surface area contributed by atoms with Gasteiger partial charge in [-0.1, -0.05) is 0 Å². The molecule has 9 heterocycles. The third-order valence-electron chi connectivity index (χ3n) is 12.4. The first kappa shape index (κ1) is 59.7. The highest BCUT2D eigenvalue weighted by molar-refractivity contribution is 7.40. The highest BCUT2D eigenvalue weighted by Gasteiger charge is 2.12. The van der Waals surface area contributed by atoms with Crippen LogP contribution >= 0.6 is 7.82 Å². The number of hydrogen-bond acceptors (Lipinski definition) is 19. The van der Waals surface area contributed by atoms with Crippen LogP contribution in [-0.2, 0) is 25.7 Å². The van der Waals surface area contributed by atoms with Crippen LogP contribution in [0.3, 0.4) is 0 Å². The van der Waals surface area contributed by atoms with Crippen molar-refractivity contribution in [3.05, 3.63) is 219 Å². The van der Waals surface area contributed by atoms with E-state index in [4.69, 9.17) is 19.2 Å². The van der Waals surface area contributed by atoms with Gasteiger partial charge in [-0.2, -0.15) is 36.8 Å². The van der Waals surface area contributed by atoms with Gasteiger partial charge in [0.25, 0.3) is 0 Å². The van der Waals surface area contributed by atoms with Crippen molar-refractivity contribution in [1.29, 1.82) is 0 Å². The summed E-state index contributed by atoms with van der Waals surface area (Å²) in [7, 11) is 0.482. The Morgan fingerprint density at radius 3 is 0.953 bits per heavy atom. The molecule has 0 saturated heterocycles. The van der Waals surface area contributed by atoms with E-state index in [1.165, 1.54) is 55.4 Å². The lowest BCUT2D eigenvalue weighted by atomic mass is 10.2. The van der Waals surface area contributed by atoms with Gasteiger partial charge in [0, 0.05) is 87.8 Å². The SMILES string of the molecule is C/C(=N\Nc1ncnc2cc(F)ccc12)c1ccc(-n2cc[n+](C)c2)nc1.C/C(=N\Nc1ncnc2cc(F)ccc12)c1ccc(-n2cc[n+](C)c2)nc1.C/C(=N\Nc1ncnc2cc(F)ccc12)c1ccc(-n2cc[n+](C)c2)nc1.O=P([O-])([O-])[O-]. The molecule has 25 nitrogen and oxygen atoms in total. The van der Waals surface area contributed by atoms with Crippen molar-refractivity contribution in [3.8, 4) is 17.5 Å². The van der Waals surface area contributed by atoms with Crippen LogP contribution in [0, 0.1) is 17.5 Å². The molecule has 0 amide bonds. The summed E-state index contributed by atoms with van der Waals surface area (Å²) in [5, 5.41) is 15.2. The molecular weight excluding hydrogens is 1130 g/mol. The van der Waals surface area contributed by atoms with E-state index < -0.39 is 7.82 Å². The molecule has 0 atom stereocenters. The van der Waals surface area contributed by atoms with Gasteiger partial charge < -0.3 is 19.2 Å². The number of aromatic nitrogens is 15. The highest BCUT2D eigenvalue weighted by Crippen LogP contribution is 2.23. The summed E-state index contributed by atoms with van der Waals surface area (Å²) in [4.78, 5) is 63.8. The summed E-state index contributed by atoms with van der Waals surface area (Å²) < 4.78 is 60.2. The maximum Gasteiger partial charge on any atom is 0.250 e. The van der Waals surface area contributed by atoms with Crippen molar-refractivity contribution < 1.29 is 46.1 Å². The molecule has 12 rings (SSSR count). The molecule has 0 saturated carbocycles. The molecule has 29 heteroatoms. The number of anilines is 3. The molecule has 3 aromatic carbocycles. The van der Waals surface area contributed by atoms with E-state index in [1.54, 1.807) is 36.8 Å². The minimum Gasteiger partial charge on any atom is -0.822 e. The van der Waals surface area contributed by atoms with Crippen LogP contribution in [0.4, 0.5) is 30.6 Å². The fourth-order valence-corrected chi connectivity index (χ4v) is 7.98. The number of hydrogen-bond donors (Lipinski definition) is 3. The molecule has 86 heavy (non-hydrogen) atoms. The molecule has 12 aromatic rings. The minimum atomic E-state index is -5.39. The number of benzene rings is 3. The molecule has 0 aliphatic rings. The van der Waals surface area contributed by atoms with Gasteiger partial charge in [-0.25, -0.2) is 71.7 Å². The summed E-state index contributed by atoms with van der Waals surface area (Å²) in [6.45, 7) is 5.63. The average Bonchev–Trinajstić information content (AvgIpc) is 2.90. The molecule has 0 bridgehead atoms. The van der Waals surface area contributed by atoms with Crippen LogP contribution in [0.1, 0.15) is 37.5 Å². The van der Waals surface area contributed by atoms with E-state index in [2.05, 4.69) is 76.4 Å². The van der Waals surface area contributed by atoms with Crippen molar-refractivity contribution in [1.82, 2.24) is 58.6 Å². The zero-order valence-corrected chi connectivity index (χ0v) is 47.5. The lowest BCUT2D eigenvalue weighted by Crippen LogP contribution is -2.24. The first-order valence-electron chi connectivity index (χ1n) is 25.6. The summed E-state index contributed by atoms with van der Waals surface area (Å²) in [6.07, 6.45) is 26.9. The summed E-state index contributed by atoms with van der Waals surface area (Å²) in [5.74, 6) is 3.01. The number of imidazole rings is 3. The maximum absolute atomic E-state index is 13.3. The van der Waals surface area contributed by atoms with Crippen molar-refractivity contribution in [2.75, 3.05) is 16.3 Å². The van der Waals surface area contributed by atoms with E-state index in [0.29, 0.717) is 50.2 Å². The molecule has 0 aliphatic heterocycles. The largest absolute Gasteiger partial charge is 0.822 e. The third kappa shape index (κ3) is 16.0. The topological polar surface area (TPSA) is 302 Å². The van der Waals surface area contributed by atoms with Crippen molar-refractivity contribution in [2.24, 2.45) is 36.4 Å². The predicted molar refractivity (Wildman–Crippen MR) is 308 cm³/mol. The Hall–Kier alpha value is -10.9. The third-order valence-corrected chi connectivity index (χ3v) is 12.4. The van der Waals surface area contributed by atoms with Crippen LogP contribution in [0.5, 0.6) is 0 Å².